The summed E-state index contributed by atoms with van der Waals surface area (Å²) in [4.78, 5) is 12.2. The summed E-state index contributed by atoms with van der Waals surface area (Å²) in [5, 5.41) is 2.73. The first-order valence-corrected chi connectivity index (χ1v) is 6.04. The minimum atomic E-state index is -0.332. The number of carbonyl (C=O) groups excluding carboxylic acids is 1. The molecule has 0 bridgehead atoms. The van der Waals surface area contributed by atoms with Gasteiger partial charge in [-0.2, -0.15) is 0 Å². The molecule has 0 aliphatic carbocycles. The number of hydrogen-bond donors (Lipinski definition) is 1. The topological polar surface area (TPSA) is 38.3 Å². The number of amides is 1. The van der Waals surface area contributed by atoms with Crippen molar-refractivity contribution >= 4 is 17.9 Å². The summed E-state index contributed by atoms with van der Waals surface area (Å²) in [7, 11) is 0. The second kappa shape index (κ2) is 4.14. The third-order valence-electron chi connectivity index (χ3n) is 2.48. The second-order valence-electron chi connectivity index (χ2n) is 3.53. The zero-order valence-electron chi connectivity index (χ0n) is 8.69. The molecule has 1 fully saturated rings. The molecule has 1 amide bonds. The van der Waals surface area contributed by atoms with Crippen LogP contribution in [0.5, 0.6) is 0 Å². The summed E-state index contributed by atoms with van der Waals surface area (Å²) in [5.41, 5.74) is 1.04. The van der Waals surface area contributed by atoms with Gasteiger partial charge in [0.05, 0.1) is 6.04 Å². The molecule has 1 aromatic carbocycles. The van der Waals surface area contributed by atoms with Crippen LogP contribution in [0.2, 0.25) is 0 Å². The van der Waals surface area contributed by atoms with Crippen molar-refractivity contribution in [2.45, 2.75) is 24.0 Å². The maximum atomic E-state index is 11.0. The first kappa shape index (κ1) is 10.4. The van der Waals surface area contributed by atoms with Gasteiger partial charge in [0, 0.05) is 4.90 Å². The van der Waals surface area contributed by atoms with Crippen LogP contribution in [-0.2, 0) is 4.74 Å². The molecular formula is C11H13NO2S. The Bertz CT molecular complexity index is 363. The summed E-state index contributed by atoms with van der Waals surface area (Å²) in [6.07, 6.45) is 1.55. The Kier molecular flexibility index (Phi) is 2.86. The van der Waals surface area contributed by atoms with Crippen molar-refractivity contribution in [1.29, 1.82) is 0 Å². The number of alkyl carbamates (subject to hydrolysis) is 1. The standard InChI is InChI=1S/C11H13NO2S/c1-7-10(14-11(13)12-7)8-3-5-9(15-2)6-4-8/h3-7,10H,1-2H3,(H,12,13)/t7-,10-/m0/s1. The Morgan fingerprint density at radius 3 is 2.47 bits per heavy atom. The van der Waals surface area contributed by atoms with E-state index in [9.17, 15) is 4.79 Å². The minimum absolute atomic E-state index is 0.0395. The van der Waals surface area contributed by atoms with E-state index in [0.717, 1.165) is 5.56 Å². The molecule has 2 atom stereocenters. The lowest BCUT2D eigenvalue weighted by atomic mass is 10.0. The molecule has 1 N–H and O–H groups in total. The van der Waals surface area contributed by atoms with Crippen LogP contribution >= 0.6 is 11.8 Å². The highest BCUT2D eigenvalue weighted by molar-refractivity contribution is 7.98. The fraction of sp³-hybridized carbons (Fsp3) is 0.364. The van der Waals surface area contributed by atoms with Gasteiger partial charge in [-0.25, -0.2) is 4.79 Å². The van der Waals surface area contributed by atoms with Crippen LogP contribution in [0.3, 0.4) is 0 Å². The lowest BCUT2D eigenvalue weighted by Crippen LogP contribution is -2.23. The molecule has 1 aromatic rings. The van der Waals surface area contributed by atoms with Crippen LogP contribution in [0.15, 0.2) is 29.2 Å². The smallest absolute Gasteiger partial charge is 0.408 e. The van der Waals surface area contributed by atoms with Gasteiger partial charge in [0.1, 0.15) is 6.10 Å². The van der Waals surface area contributed by atoms with Crippen LogP contribution in [-0.4, -0.2) is 18.4 Å². The van der Waals surface area contributed by atoms with Crippen LogP contribution in [0.25, 0.3) is 0 Å². The first-order valence-electron chi connectivity index (χ1n) is 4.82. The van der Waals surface area contributed by atoms with Crippen molar-refractivity contribution in [2.24, 2.45) is 0 Å². The third kappa shape index (κ3) is 2.09. The van der Waals surface area contributed by atoms with E-state index in [1.807, 2.05) is 37.4 Å². The van der Waals surface area contributed by atoms with E-state index < -0.39 is 0 Å². The van der Waals surface area contributed by atoms with Gasteiger partial charge in [-0.1, -0.05) is 12.1 Å². The van der Waals surface area contributed by atoms with Crippen LogP contribution in [0.1, 0.15) is 18.6 Å². The minimum Gasteiger partial charge on any atom is -0.439 e. The largest absolute Gasteiger partial charge is 0.439 e. The van der Waals surface area contributed by atoms with Gasteiger partial charge in [0.2, 0.25) is 0 Å². The van der Waals surface area contributed by atoms with Crippen LogP contribution in [0.4, 0.5) is 4.79 Å². The van der Waals surface area contributed by atoms with E-state index >= 15 is 0 Å². The van der Waals surface area contributed by atoms with E-state index in [4.69, 9.17) is 4.74 Å². The molecule has 1 heterocycles. The normalized spacial score (nSPS) is 24.8. The van der Waals surface area contributed by atoms with Crippen LogP contribution < -0.4 is 5.32 Å². The summed E-state index contributed by atoms with van der Waals surface area (Å²) < 4.78 is 5.18. The Morgan fingerprint density at radius 2 is 2.00 bits per heavy atom. The Labute approximate surface area is 93.2 Å². The van der Waals surface area contributed by atoms with Crippen LogP contribution in [0, 0.1) is 0 Å². The van der Waals surface area contributed by atoms with Crippen molar-refractivity contribution in [3.05, 3.63) is 29.8 Å². The lowest BCUT2D eigenvalue weighted by Gasteiger charge is -2.13. The summed E-state index contributed by atoms with van der Waals surface area (Å²) in [5.74, 6) is 0. The molecule has 0 aromatic heterocycles. The molecule has 4 heteroatoms. The molecule has 0 saturated carbocycles. The molecule has 3 nitrogen and oxygen atoms in total. The van der Waals surface area contributed by atoms with E-state index in [1.165, 1.54) is 4.90 Å². The zero-order valence-corrected chi connectivity index (χ0v) is 9.51. The quantitative estimate of drug-likeness (QED) is 0.783. The van der Waals surface area contributed by atoms with E-state index in [0.29, 0.717) is 0 Å². The molecule has 2 rings (SSSR count). The monoisotopic (exact) mass is 223 g/mol. The van der Waals surface area contributed by atoms with Gasteiger partial charge in [-0.05, 0) is 30.9 Å². The maximum absolute atomic E-state index is 11.0. The van der Waals surface area contributed by atoms with Crippen molar-refractivity contribution in [3.8, 4) is 0 Å². The summed E-state index contributed by atoms with van der Waals surface area (Å²) >= 11 is 1.70. The van der Waals surface area contributed by atoms with Crippen molar-refractivity contribution in [3.63, 3.8) is 0 Å². The Balaban J connectivity index is 2.19. The molecule has 1 aliphatic rings. The number of cyclic esters (lactones) is 1. The molecule has 15 heavy (non-hydrogen) atoms. The van der Waals surface area contributed by atoms with E-state index in [-0.39, 0.29) is 18.2 Å². The second-order valence-corrected chi connectivity index (χ2v) is 4.41. The predicted octanol–water partition coefficient (Wildman–Crippen LogP) is 2.58. The number of benzene rings is 1. The molecule has 1 saturated heterocycles. The fourth-order valence-electron chi connectivity index (χ4n) is 1.66. The highest BCUT2D eigenvalue weighted by Gasteiger charge is 2.31. The number of carbonyl (C=O) groups is 1. The number of hydrogen-bond acceptors (Lipinski definition) is 3. The Hall–Kier alpha value is -1.16. The molecule has 0 unspecified atom stereocenters. The van der Waals surface area contributed by atoms with E-state index in [1.54, 1.807) is 11.8 Å². The van der Waals surface area contributed by atoms with Gasteiger partial charge in [-0.15, -0.1) is 11.8 Å². The number of ether oxygens (including phenoxy) is 1. The van der Waals surface area contributed by atoms with Gasteiger partial charge in [0.25, 0.3) is 0 Å². The SMILES string of the molecule is CSc1ccc([C@H]2OC(=O)N[C@H]2C)cc1. The highest BCUT2D eigenvalue weighted by atomic mass is 32.2. The highest BCUT2D eigenvalue weighted by Crippen LogP contribution is 2.27. The lowest BCUT2D eigenvalue weighted by molar-refractivity contribution is 0.134. The number of rotatable bonds is 2. The fourth-order valence-corrected chi connectivity index (χ4v) is 2.07. The van der Waals surface area contributed by atoms with Crippen molar-refractivity contribution in [1.82, 2.24) is 5.32 Å². The number of thioether (sulfide) groups is 1. The molecule has 1 aliphatic heterocycles. The van der Waals surface area contributed by atoms with Gasteiger partial charge in [0.15, 0.2) is 0 Å². The average Bonchev–Trinajstić information content (AvgIpc) is 2.58. The third-order valence-corrected chi connectivity index (χ3v) is 3.22. The van der Waals surface area contributed by atoms with Gasteiger partial charge in [-0.3, -0.25) is 0 Å². The molecule has 0 spiro atoms. The summed E-state index contributed by atoms with van der Waals surface area (Å²) in [6.45, 7) is 1.94. The Morgan fingerprint density at radius 1 is 1.33 bits per heavy atom. The predicted molar refractivity (Wildman–Crippen MR) is 60.0 cm³/mol. The average molecular weight is 223 g/mol. The molecule has 0 radical (unpaired) electrons. The van der Waals surface area contributed by atoms with Crippen molar-refractivity contribution < 1.29 is 9.53 Å². The maximum Gasteiger partial charge on any atom is 0.408 e. The van der Waals surface area contributed by atoms with Gasteiger partial charge >= 0.3 is 6.09 Å². The first-order chi connectivity index (χ1) is 7.20. The van der Waals surface area contributed by atoms with Crippen molar-refractivity contribution in [2.75, 3.05) is 6.26 Å². The van der Waals surface area contributed by atoms with Gasteiger partial charge < -0.3 is 10.1 Å². The number of nitrogens with one attached hydrogen (secondary N) is 1. The molecular weight excluding hydrogens is 210 g/mol. The zero-order chi connectivity index (χ0) is 10.8. The summed E-state index contributed by atoms with van der Waals surface area (Å²) in [6, 6.07) is 8.14. The van der Waals surface area contributed by atoms with E-state index in [2.05, 4.69) is 5.32 Å². The molecule has 80 valence electrons.